The van der Waals surface area contributed by atoms with Crippen LogP contribution >= 0.6 is 0 Å². The Kier molecular flexibility index (Phi) is 9.51. The van der Waals surface area contributed by atoms with Crippen LogP contribution in [0.4, 0.5) is 0 Å². The fourth-order valence-electron chi connectivity index (χ4n) is 2.27. The second-order valence-corrected chi connectivity index (χ2v) is 5.63. The standard InChI is InChI=1S/C18H28O4/c1-2-3-4-5-6-7-8-9-15-10-12-16(13-11-15)22-18(21)17(20)14-19/h10-13,17,19-20H,2-9,14H2,1H3. The first-order valence-corrected chi connectivity index (χ1v) is 8.27. The molecule has 0 bridgehead atoms. The van der Waals surface area contributed by atoms with Crippen molar-refractivity contribution in [3.8, 4) is 5.75 Å². The van der Waals surface area contributed by atoms with Crippen LogP contribution in [0.25, 0.3) is 0 Å². The van der Waals surface area contributed by atoms with E-state index in [2.05, 4.69) is 6.92 Å². The number of unbranched alkanes of at least 4 members (excludes halogenated alkanes) is 6. The molecule has 0 saturated heterocycles. The van der Waals surface area contributed by atoms with Gasteiger partial charge in [0.1, 0.15) is 5.75 Å². The highest BCUT2D eigenvalue weighted by Gasteiger charge is 2.15. The van der Waals surface area contributed by atoms with Crippen LogP contribution in [-0.2, 0) is 11.2 Å². The molecule has 0 aliphatic carbocycles. The highest BCUT2D eigenvalue weighted by Crippen LogP contribution is 2.15. The molecule has 0 heterocycles. The third-order valence-electron chi connectivity index (χ3n) is 3.66. The van der Waals surface area contributed by atoms with Gasteiger partial charge in [0.25, 0.3) is 0 Å². The molecule has 1 unspecified atom stereocenters. The van der Waals surface area contributed by atoms with Crippen LogP contribution in [0.2, 0.25) is 0 Å². The Morgan fingerprint density at radius 1 is 1.05 bits per heavy atom. The summed E-state index contributed by atoms with van der Waals surface area (Å²) in [5.74, 6) is -0.442. The Balaban J connectivity index is 2.23. The Hall–Kier alpha value is -1.39. The third-order valence-corrected chi connectivity index (χ3v) is 3.66. The zero-order valence-corrected chi connectivity index (χ0v) is 13.5. The second-order valence-electron chi connectivity index (χ2n) is 5.63. The number of carbonyl (C=O) groups is 1. The lowest BCUT2D eigenvalue weighted by molar-refractivity contribution is -0.145. The van der Waals surface area contributed by atoms with Crippen LogP contribution in [-0.4, -0.2) is 28.9 Å². The van der Waals surface area contributed by atoms with Crippen molar-refractivity contribution < 1.29 is 19.7 Å². The number of esters is 1. The molecule has 0 aliphatic rings. The van der Waals surface area contributed by atoms with E-state index in [-0.39, 0.29) is 0 Å². The van der Waals surface area contributed by atoms with Gasteiger partial charge >= 0.3 is 5.97 Å². The summed E-state index contributed by atoms with van der Waals surface area (Å²) >= 11 is 0. The number of aliphatic hydroxyl groups excluding tert-OH is 2. The van der Waals surface area contributed by atoms with Crippen molar-refractivity contribution in [2.75, 3.05) is 6.61 Å². The zero-order chi connectivity index (χ0) is 16.2. The van der Waals surface area contributed by atoms with E-state index in [9.17, 15) is 4.79 Å². The Labute approximate surface area is 133 Å². The van der Waals surface area contributed by atoms with Crippen LogP contribution in [0.1, 0.15) is 57.4 Å². The molecular weight excluding hydrogens is 280 g/mol. The SMILES string of the molecule is CCCCCCCCCc1ccc(OC(=O)C(O)CO)cc1. The first-order valence-electron chi connectivity index (χ1n) is 8.27. The maximum Gasteiger partial charge on any atom is 0.342 e. The number of aliphatic hydroxyl groups is 2. The number of hydrogen-bond acceptors (Lipinski definition) is 4. The normalized spacial score (nSPS) is 12.1. The van der Waals surface area contributed by atoms with E-state index in [4.69, 9.17) is 14.9 Å². The van der Waals surface area contributed by atoms with E-state index in [1.54, 1.807) is 12.1 Å². The van der Waals surface area contributed by atoms with Crippen molar-refractivity contribution in [2.24, 2.45) is 0 Å². The molecular formula is C18H28O4. The fraction of sp³-hybridized carbons (Fsp3) is 0.611. The van der Waals surface area contributed by atoms with Crippen molar-refractivity contribution in [1.82, 2.24) is 0 Å². The maximum atomic E-state index is 11.3. The Morgan fingerprint density at radius 2 is 1.64 bits per heavy atom. The van der Waals surface area contributed by atoms with Gasteiger partial charge in [-0.3, -0.25) is 0 Å². The summed E-state index contributed by atoms with van der Waals surface area (Å²) in [5, 5.41) is 17.8. The zero-order valence-electron chi connectivity index (χ0n) is 13.5. The summed E-state index contributed by atoms with van der Waals surface area (Å²) in [6.45, 7) is 1.60. The predicted octanol–water partition coefficient (Wildman–Crippen LogP) is 3.24. The van der Waals surface area contributed by atoms with E-state index in [0.717, 1.165) is 6.42 Å². The third kappa shape index (κ3) is 7.57. The number of ether oxygens (including phenoxy) is 1. The van der Waals surface area contributed by atoms with Gasteiger partial charge in [-0.15, -0.1) is 0 Å². The van der Waals surface area contributed by atoms with Crippen molar-refractivity contribution in [3.63, 3.8) is 0 Å². The maximum absolute atomic E-state index is 11.3. The van der Waals surface area contributed by atoms with Gasteiger partial charge in [0.2, 0.25) is 0 Å². The van der Waals surface area contributed by atoms with Gasteiger partial charge in [0, 0.05) is 0 Å². The summed E-state index contributed by atoms with van der Waals surface area (Å²) in [5.41, 5.74) is 1.22. The monoisotopic (exact) mass is 308 g/mol. The molecule has 0 saturated carbocycles. The molecule has 4 nitrogen and oxygen atoms in total. The van der Waals surface area contributed by atoms with Gasteiger partial charge in [0.05, 0.1) is 6.61 Å². The smallest absolute Gasteiger partial charge is 0.342 e. The lowest BCUT2D eigenvalue weighted by atomic mass is 10.0. The highest BCUT2D eigenvalue weighted by molar-refractivity contribution is 5.77. The molecule has 1 aromatic carbocycles. The minimum Gasteiger partial charge on any atom is -0.425 e. The molecule has 1 rings (SSSR count). The van der Waals surface area contributed by atoms with E-state index >= 15 is 0 Å². The molecule has 124 valence electrons. The van der Waals surface area contributed by atoms with E-state index in [0.29, 0.717) is 5.75 Å². The molecule has 0 aliphatic heterocycles. The number of benzene rings is 1. The van der Waals surface area contributed by atoms with Gasteiger partial charge in [0.15, 0.2) is 6.10 Å². The molecule has 0 aromatic heterocycles. The van der Waals surface area contributed by atoms with Gasteiger partial charge in [-0.1, -0.05) is 57.6 Å². The van der Waals surface area contributed by atoms with Gasteiger partial charge in [-0.25, -0.2) is 4.79 Å². The summed E-state index contributed by atoms with van der Waals surface area (Å²) in [4.78, 5) is 11.3. The second kappa shape index (κ2) is 11.2. The topological polar surface area (TPSA) is 66.8 Å². The highest BCUT2D eigenvalue weighted by atomic mass is 16.6. The molecule has 1 aromatic rings. The van der Waals surface area contributed by atoms with Gasteiger partial charge < -0.3 is 14.9 Å². The number of hydrogen-bond donors (Lipinski definition) is 2. The van der Waals surface area contributed by atoms with E-state index in [1.807, 2.05) is 12.1 Å². The summed E-state index contributed by atoms with van der Waals surface area (Å²) in [6.07, 6.45) is 8.57. The molecule has 0 fully saturated rings. The fourth-order valence-corrected chi connectivity index (χ4v) is 2.27. The predicted molar refractivity (Wildman–Crippen MR) is 86.9 cm³/mol. The summed E-state index contributed by atoms with van der Waals surface area (Å²) in [6, 6.07) is 7.31. The molecule has 4 heteroatoms. The van der Waals surface area contributed by atoms with Crippen LogP contribution in [0.5, 0.6) is 5.75 Å². The average Bonchev–Trinajstić information content (AvgIpc) is 2.54. The minimum atomic E-state index is -1.48. The largest absolute Gasteiger partial charge is 0.425 e. The Bertz CT molecular complexity index is 414. The number of rotatable bonds is 11. The van der Waals surface area contributed by atoms with E-state index < -0.39 is 18.7 Å². The van der Waals surface area contributed by atoms with Crippen molar-refractivity contribution in [2.45, 2.75) is 64.4 Å². The van der Waals surface area contributed by atoms with Gasteiger partial charge in [-0.05, 0) is 30.5 Å². The lowest BCUT2D eigenvalue weighted by Crippen LogP contribution is -2.28. The quantitative estimate of drug-likeness (QED) is 0.374. The van der Waals surface area contributed by atoms with Crippen LogP contribution in [0, 0.1) is 0 Å². The number of carbonyl (C=O) groups excluding carboxylic acids is 1. The molecule has 1 atom stereocenters. The first-order chi connectivity index (χ1) is 10.7. The molecule has 0 spiro atoms. The molecule has 22 heavy (non-hydrogen) atoms. The minimum absolute atomic E-state index is 0.390. The lowest BCUT2D eigenvalue weighted by Gasteiger charge is -2.08. The van der Waals surface area contributed by atoms with Crippen LogP contribution in [0.3, 0.4) is 0 Å². The molecule has 0 radical (unpaired) electrons. The van der Waals surface area contributed by atoms with E-state index in [1.165, 1.54) is 50.5 Å². The van der Waals surface area contributed by atoms with Crippen molar-refractivity contribution in [1.29, 1.82) is 0 Å². The Morgan fingerprint density at radius 3 is 2.23 bits per heavy atom. The van der Waals surface area contributed by atoms with Gasteiger partial charge in [-0.2, -0.15) is 0 Å². The van der Waals surface area contributed by atoms with Crippen molar-refractivity contribution >= 4 is 5.97 Å². The first kappa shape index (κ1) is 18.7. The van der Waals surface area contributed by atoms with Crippen molar-refractivity contribution in [3.05, 3.63) is 29.8 Å². The summed E-state index contributed by atoms with van der Waals surface area (Å²) in [7, 11) is 0. The number of aryl methyl sites for hydroxylation is 1. The van der Waals surface area contributed by atoms with Crippen LogP contribution < -0.4 is 4.74 Å². The molecule has 2 N–H and O–H groups in total. The molecule has 0 amide bonds. The average molecular weight is 308 g/mol. The van der Waals surface area contributed by atoms with Crippen LogP contribution in [0.15, 0.2) is 24.3 Å². The summed E-state index contributed by atoms with van der Waals surface area (Å²) < 4.78 is 4.95.